The van der Waals surface area contributed by atoms with E-state index >= 15 is 0 Å². The van der Waals surface area contributed by atoms with E-state index in [1.54, 1.807) is 21.0 Å². The van der Waals surface area contributed by atoms with Crippen LogP contribution in [0, 0.1) is 12.3 Å². The summed E-state index contributed by atoms with van der Waals surface area (Å²) in [6.45, 7) is 4.24. The van der Waals surface area contributed by atoms with Gasteiger partial charge in [0.15, 0.2) is 5.65 Å². The van der Waals surface area contributed by atoms with Crippen molar-refractivity contribution in [2.45, 2.75) is 52.6 Å². The summed E-state index contributed by atoms with van der Waals surface area (Å²) in [5.41, 5.74) is 0.567. The number of nitrogens with zero attached hydrogens (tertiary/aromatic N) is 3. The number of aryl methyl sites for hydroxylation is 3. The molecule has 1 N–H and O–H groups in total. The average Bonchev–Trinajstić information content (AvgIpc) is 3.29. The molecular formula is C25H33N4O6P. The molecule has 0 unspecified atom stereocenters. The molecule has 1 aromatic carbocycles. The molecule has 0 fully saturated rings. The highest BCUT2D eigenvalue weighted by molar-refractivity contribution is 7.53. The molecule has 0 bridgehead atoms. The second-order valence-corrected chi connectivity index (χ2v) is 10.3. The fourth-order valence-corrected chi connectivity index (χ4v) is 5.72. The Kier molecular flexibility index (Phi) is 9.71. The fraction of sp³-hybridized carbons (Fsp3) is 0.480. The van der Waals surface area contributed by atoms with Crippen molar-refractivity contribution < 1.29 is 18.3 Å². The van der Waals surface area contributed by atoms with Crippen molar-refractivity contribution >= 4 is 18.8 Å². The zero-order valence-corrected chi connectivity index (χ0v) is 21.9. The average molecular weight is 517 g/mol. The fourth-order valence-electron chi connectivity index (χ4n) is 3.99. The Morgan fingerprint density at radius 1 is 1.11 bits per heavy atom. The maximum Gasteiger partial charge on any atom is 0.333 e. The number of ether oxygens (including phenoxy) is 1. The van der Waals surface area contributed by atoms with Crippen molar-refractivity contribution in [1.82, 2.24) is 19.1 Å². The van der Waals surface area contributed by atoms with Gasteiger partial charge in [0.05, 0.1) is 33.0 Å². The minimum Gasteiger partial charge on any atom is -0.497 e. The molecule has 0 spiro atoms. The maximum absolute atomic E-state index is 13.1. The van der Waals surface area contributed by atoms with E-state index in [9.17, 15) is 14.2 Å². The number of fused-ring (bicyclic) bond motifs is 1. The van der Waals surface area contributed by atoms with Crippen LogP contribution in [0.1, 0.15) is 38.1 Å². The van der Waals surface area contributed by atoms with Crippen molar-refractivity contribution in [3.63, 3.8) is 0 Å². The summed E-state index contributed by atoms with van der Waals surface area (Å²) >= 11 is 0. The van der Waals surface area contributed by atoms with E-state index in [2.05, 4.69) is 15.9 Å². The van der Waals surface area contributed by atoms with Gasteiger partial charge in [-0.15, -0.1) is 6.42 Å². The standard InChI is InChI=1S/C25H33N4O6P/c1-5-15-29-24(30)22-23(27-21(26-22)14-13-19-11-10-12-20(18-19)33-4)28(25(29)31)16-8-9-17-36(32,34-6-2)35-7-3/h1,10-12,18H,6-9,13-17H2,2-4H3,(H,26,27). The zero-order chi connectivity index (χ0) is 26.1. The van der Waals surface area contributed by atoms with Crippen LogP contribution >= 0.6 is 7.60 Å². The van der Waals surface area contributed by atoms with Gasteiger partial charge in [0.2, 0.25) is 0 Å². The monoisotopic (exact) mass is 516 g/mol. The Morgan fingerprint density at radius 3 is 2.53 bits per heavy atom. The predicted octanol–water partition coefficient (Wildman–Crippen LogP) is 3.36. The van der Waals surface area contributed by atoms with Gasteiger partial charge in [0, 0.05) is 13.0 Å². The number of rotatable bonds is 14. The van der Waals surface area contributed by atoms with Crippen LogP contribution in [0.5, 0.6) is 5.75 Å². The van der Waals surface area contributed by atoms with Gasteiger partial charge in [-0.05, 0) is 50.8 Å². The number of nitrogens with one attached hydrogen (secondary N) is 1. The van der Waals surface area contributed by atoms with Gasteiger partial charge >= 0.3 is 13.3 Å². The number of hydrogen-bond donors (Lipinski definition) is 1. The van der Waals surface area contributed by atoms with E-state index < -0.39 is 18.8 Å². The number of methoxy groups -OCH3 is 1. The number of unbranched alkanes of at least 4 members (excludes halogenated alkanes) is 1. The second kappa shape index (κ2) is 12.7. The van der Waals surface area contributed by atoms with Crippen LogP contribution in [0.15, 0.2) is 33.9 Å². The second-order valence-electron chi connectivity index (χ2n) is 8.14. The number of hydrogen-bond acceptors (Lipinski definition) is 7. The van der Waals surface area contributed by atoms with Crippen LogP contribution in [0.2, 0.25) is 0 Å². The number of imidazole rings is 1. The number of aromatic nitrogens is 4. The first-order valence-electron chi connectivity index (χ1n) is 12.0. The Bertz CT molecular complexity index is 1370. The molecule has 3 aromatic rings. The van der Waals surface area contributed by atoms with Gasteiger partial charge in [0.1, 0.15) is 17.1 Å². The van der Waals surface area contributed by atoms with E-state index in [4.69, 9.17) is 20.2 Å². The van der Waals surface area contributed by atoms with Crippen LogP contribution < -0.4 is 16.0 Å². The van der Waals surface area contributed by atoms with Crippen LogP contribution in [0.25, 0.3) is 11.2 Å². The predicted molar refractivity (Wildman–Crippen MR) is 139 cm³/mol. The lowest BCUT2D eigenvalue weighted by Crippen LogP contribution is -2.40. The third kappa shape index (κ3) is 6.55. The molecule has 0 atom stereocenters. The van der Waals surface area contributed by atoms with E-state index in [1.165, 1.54) is 4.57 Å². The van der Waals surface area contributed by atoms with Gasteiger partial charge < -0.3 is 18.8 Å². The van der Waals surface area contributed by atoms with Gasteiger partial charge in [-0.1, -0.05) is 18.1 Å². The molecule has 0 amide bonds. The molecule has 2 aromatic heterocycles. The van der Waals surface area contributed by atoms with E-state index in [1.807, 2.05) is 24.3 Å². The molecule has 0 radical (unpaired) electrons. The van der Waals surface area contributed by atoms with E-state index in [0.29, 0.717) is 44.7 Å². The highest BCUT2D eigenvalue weighted by Crippen LogP contribution is 2.48. The topological polar surface area (TPSA) is 117 Å². The number of aromatic amines is 1. The summed E-state index contributed by atoms with van der Waals surface area (Å²) in [6.07, 6.45) is 7.87. The van der Waals surface area contributed by atoms with Crippen molar-refractivity contribution in [2.24, 2.45) is 0 Å². The summed E-state index contributed by atoms with van der Waals surface area (Å²) in [7, 11) is -1.55. The number of H-pyrrole nitrogens is 1. The first kappa shape index (κ1) is 27.5. The smallest absolute Gasteiger partial charge is 0.333 e. The van der Waals surface area contributed by atoms with Gasteiger partial charge in [-0.3, -0.25) is 13.9 Å². The van der Waals surface area contributed by atoms with Crippen LogP contribution in [0.4, 0.5) is 0 Å². The quantitative estimate of drug-likeness (QED) is 0.198. The summed E-state index contributed by atoms with van der Waals surface area (Å²) in [4.78, 5) is 33.7. The molecule has 36 heavy (non-hydrogen) atoms. The lowest BCUT2D eigenvalue weighted by molar-refractivity contribution is 0.219. The first-order valence-corrected chi connectivity index (χ1v) is 13.7. The minimum atomic E-state index is -3.17. The molecule has 0 saturated carbocycles. The van der Waals surface area contributed by atoms with Crippen molar-refractivity contribution in [3.8, 4) is 18.1 Å². The zero-order valence-electron chi connectivity index (χ0n) is 21.0. The van der Waals surface area contributed by atoms with Crippen LogP contribution in [0.3, 0.4) is 0 Å². The molecule has 10 nitrogen and oxygen atoms in total. The molecule has 0 aliphatic heterocycles. The Labute approximate surface area is 210 Å². The van der Waals surface area contributed by atoms with Crippen molar-refractivity contribution in [3.05, 3.63) is 56.5 Å². The maximum atomic E-state index is 13.1. The highest BCUT2D eigenvalue weighted by Gasteiger charge is 2.23. The van der Waals surface area contributed by atoms with Crippen molar-refractivity contribution in [1.29, 1.82) is 0 Å². The van der Waals surface area contributed by atoms with E-state index in [0.717, 1.165) is 15.9 Å². The number of terminal acetylenes is 1. The van der Waals surface area contributed by atoms with Gasteiger partial charge in [-0.25, -0.2) is 14.3 Å². The van der Waals surface area contributed by atoms with Crippen LogP contribution in [-0.2, 0) is 39.5 Å². The molecule has 194 valence electrons. The van der Waals surface area contributed by atoms with Crippen LogP contribution in [-0.4, -0.2) is 45.6 Å². The Balaban J connectivity index is 1.85. The normalized spacial score (nSPS) is 11.6. The summed E-state index contributed by atoms with van der Waals surface area (Å²) < 4.78 is 31.1. The van der Waals surface area contributed by atoms with Crippen molar-refractivity contribution in [2.75, 3.05) is 26.5 Å². The third-order valence-electron chi connectivity index (χ3n) is 5.66. The highest BCUT2D eigenvalue weighted by atomic mass is 31.2. The summed E-state index contributed by atoms with van der Waals surface area (Å²) in [5.74, 6) is 3.73. The van der Waals surface area contributed by atoms with Gasteiger partial charge in [-0.2, -0.15) is 0 Å². The minimum absolute atomic E-state index is 0.143. The lowest BCUT2D eigenvalue weighted by Gasteiger charge is -2.17. The first-order chi connectivity index (χ1) is 17.4. The molecule has 0 aliphatic rings. The lowest BCUT2D eigenvalue weighted by atomic mass is 10.1. The third-order valence-corrected chi connectivity index (χ3v) is 7.83. The van der Waals surface area contributed by atoms with Gasteiger partial charge in [0.25, 0.3) is 5.56 Å². The molecule has 0 saturated heterocycles. The molecule has 2 heterocycles. The molecule has 3 rings (SSSR count). The Morgan fingerprint density at radius 2 is 1.86 bits per heavy atom. The van der Waals surface area contributed by atoms with E-state index in [-0.39, 0.29) is 30.4 Å². The summed E-state index contributed by atoms with van der Waals surface area (Å²) in [6, 6.07) is 7.73. The molecule has 0 aliphatic carbocycles. The largest absolute Gasteiger partial charge is 0.497 e. The summed E-state index contributed by atoms with van der Waals surface area (Å²) in [5, 5.41) is 0. The number of benzene rings is 1. The SMILES string of the molecule is C#CCn1c(=O)c2[nH]c(CCc3cccc(OC)c3)nc2n(CCCCP(=O)(OCC)OCC)c1=O. The molecule has 11 heteroatoms. The Hall–Kier alpha value is -3.12. The molecular weight excluding hydrogens is 483 g/mol.